The molecule has 88 valence electrons. The molecule has 0 spiro atoms. The van der Waals surface area contributed by atoms with Gasteiger partial charge in [0.2, 0.25) is 5.91 Å². The lowest BCUT2D eigenvalue weighted by Crippen LogP contribution is -2.50. The van der Waals surface area contributed by atoms with Crippen molar-refractivity contribution in [1.29, 1.82) is 0 Å². The second-order valence-electron chi connectivity index (χ2n) is 4.19. The third-order valence-electron chi connectivity index (χ3n) is 3.11. The number of likely N-dealkylation sites (N-methyl/N-ethyl adjacent to an activating group) is 1. The van der Waals surface area contributed by atoms with Gasteiger partial charge in [0.1, 0.15) is 0 Å². The molecule has 1 aliphatic rings. The van der Waals surface area contributed by atoms with E-state index >= 15 is 0 Å². The highest BCUT2D eigenvalue weighted by molar-refractivity contribution is 5.73. The fourth-order valence-corrected chi connectivity index (χ4v) is 2.41. The lowest BCUT2D eigenvalue weighted by Gasteiger charge is -2.38. The number of piperidine rings is 1. The van der Waals surface area contributed by atoms with Gasteiger partial charge in [0.25, 0.3) is 0 Å². The second-order valence-corrected chi connectivity index (χ2v) is 4.19. The van der Waals surface area contributed by atoms with E-state index in [1.165, 1.54) is 6.42 Å². The minimum Gasteiger partial charge on any atom is -0.339 e. The molecular formula is C11H23N3O. The van der Waals surface area contributed by atoms with E-state index in [9.17, 15) is 4.79 Å². The molecule has 1 rings (SSSR count). The first-order valence-electron chi connectivity index (χ1n) is 5.88. The Labute approximate surface area is 92.4 Å². The van der Waals surface area contributed by atoms with Crippen molar-refractivity contribution in [2.45, 2.75) is 32.7 Å². The topological polar surface area (TPSA) is 49.6 Å². The summed E-state index contributed by atoms with van der Waals surface area (Å²) in [5, 5.41) is 0. The van der Waals surface area contributed by atoms with Crippen molar-refractivity contribution in [3.8, 4) is 0 Å². The summed E-state index contributed by atoms with van der Waals surface area (Å²) < 4.78 is 0. The van der Waals surface area contributed by atoms with Gasteiger partial charge in [0.15, 0.2) is 0 Å². The van der Waals surface area contributed by atoms with Gasteiger partial charge < -0.3 is 15.5 Å². The highest BCUT2D eigenvalue weighted by atomic mass is 16.2. The van der Waals surface area contributed by atoms with E-state index in [0.717, 1.165) is 32.6 Å². The first-order chi connectivity index (χ1) is 7.19. The first-order valence-corrected chi connectivity index (χ1v) is 5.88. The predicted molar refractivity (Wildman–Crippen MR) is 61.6 cm³/mol. The maximum atomic E-state index is 11.4. The fraction of sp³-hybridized carbons (Fsp3) is 0.909. The average molecular weight is 213 g/mol. The van der Waals surface area contributed by atoms with Gasteiger partial charge in [0.05, 0.1) is 0 Å². The zero-order chi connectivity index (χ0) is 11.3. The van der Waals surface area contributed by atoms with E-state index in [2.05, 4.69) is 4.90 Å². The quantitative estimate of drug-likeness (QED) is 0.729. The average Bonchev–Trinajstić information content (AvgIpc) is 2.19. The molecule has 4 heteroatoms. The van der Waals surface area contributed by atoms with Crippen molar-refractivity contribution in [2.75, 3.05) is 32.7 Å². The van der Waals surface area contributed by atoms with Crippen LogP contribution in [-0.2, 0) is 4.79 Å². The van der Waals surface area contributed by atoms with Crippen LogP contribution in [0.5, 0.6) is 0 Å². The van der Waals surface area contributed by atoms with Gasteiger partial charge in [-0.15, -0.1) is 0 Å². The Morgan fingerprint density at radius 2 is 2.33 bits per heavy atom. The summed E-state index contributed by atoms with van der Waals surface area (Å²) in [7, 11) is 0. The molecule has 0 aromatic carbocycles. The van der Waals surface area contributed by atoms with Crippen molar-refractivity contribution in [3.63, 3.8) is 0 Å². The monoisotopic (exact) mass is 213 g/mol. The number of nitrogens with zero attached hydrogens (tertiary/aromatic N) is 2. The Hall–Kier alpha value is -0.610. The maximum Gasteiger partial charge on any atom is 0.219 e. The minimum atomic E-state index is 0.192. The van der Waals surface area contributed by atoms with Crippen molar-refractivity contribution in [3.05, 3.63) is 0 Å². The standard InChI is InChI=1S/C11H23N3O/c1-3-14(10(2)15)11-5-4-7-13(9-11)8-6-12/h11H,3-9,12H2,1-2H3/t11-/m1/s1. The number of hydrogen-bond donors (Lipinski definition) is 1. The molecule has 0 saturated carbocycles. The number of amides is 1. The molecule has 0 bridgehead atoms. The zero-order valence-electron chi connectivity index (χ0n) is 9.91. The summed E-state index contributed by atoms with van der Waals surface area (Å²) in [6.07, 6.45) is 2.31. The Morgan fingerprint density at radius 1 is 1.60 bits per heavy atom. The molecule has 0 aromatic heterocycles. The lowest BCUT2D eigenvalue weighted by molar-refractivity contribution is -0.132. The molecule has 0 unspecified atom stereocenters. The van der Waals surface area contributed by atoms with Crippen molar-refractivity contribution >= 4 is 5.91 Å². The normalized spacial score (nSPS) is 22.7. The van der Waals surface area contributed by atoms with Crippen molar-refractivity contribution < 1.29 is 4.79 Å². The summed E-state index contributed by atoms with van der Waals surface area (Å²) >= 11 is 0. The van der Waals surface area contributed by atoms with Gasteiger partial charge in [-0.3, -0.25) is 4.79 Å². The van der Waals surface area contributed by atoms with E-state index in [1.807, 2.05) is 11.8 Å². The van der Waals surface area contributed by atoms with Crippen LogP contribution in [0, 0.1) is 0 Å². The molecule has 1 saturated heterocycles. The third-order valence-corrected chi connectivity index (χ3v) is 3.11. The number of nitrogens with two attached hydrogens (primary N) is 1. The summed E-state index contributed by atoms with van der Waals surface area (Å²) in [6.45, 7) is 8.30. The van der Waals surface area contributed by atoms with Gasteiger partial charge in [0, 0.05) is 39.1 Å². The van der Waals surface area contributed by atoms with E-state index in [4.69, 9.17) is 5.73 Å². The maximum absolute atomic E-state index is 11.4. The molecule has 1 fully saturated rings. The summed E-state index contributed by atoms with van der Waals surface area (Å²) in [5.74, 6) is 0.192. The van der Waals surface area contributed by atoms with Gasteiger partial charge in [-0.25, -0.2) is 0 Å². The van der Waals surface area contributed by atoms with Gasteiger partial charge in [-0.05, 0) is 26.3 Å². The highest BCUT2D eigenvalue weighted by Crippen LogP contribution is 2.15. The van der Waals surface area contributed by atoms with Crippen LogP contribution in [0.15, 0.2) is 0 Å². The fourth-order valence-electron chi connectivity index (χ4n) is 2.41. The lowest BCUT2D eigenvalue weighted by atomic mass is 10.0. The predicted octanol–water partition coefficient (Wildman–Crippen LogP) is 0.278. The molecule has 1 heterocycles. The summed E-state index contributed by atoms with van der Waals surface area (Å²) in [6, 6.07) is 0.396. The number of rotatable bonds is 4. The SMILES string of the molecule is CCN(C(C)=O)[C@@H]1CCCN(CCN)C1. The molecular weight excluding hydrogens is 190 g/mol. The molecule has 0 aliphatic carbocycles. The Balaban J connectivity index is 2.50. The van der Waals surface area contributed by atoms with Crippen molar-refractivity contribution in [2.24, 2.45) is 5.73 Å². The molecule has 1 aliphatic heterocycles. The van der Waals surface area contributed by atoms with Crippen LogP contribution in [-0.4, -0.2) is 54.5 Å². The van der Waals surface area contributed by atoms with E-state index in [-0.39, 0.29) is 5.91 Å². The smallest absolute Gasteiger partial charge is 0.219 e. The summed E-state index contributed by atoms with van der Waals surface area (Å²) in [4.78, 5) is 15.8. The Morgan fingerprint density at radius 3 is 2.87 bits per heavy atom. The largest absolute Gasteiger partial charge is 0.339 e. The minimum absolute atomic E-state index is 0.192. The van der Waals surface area contributed by atoms with Crippen LogP contribution < -0.4 is 5.73 Å². The summed E-state index contributed by atoms with van der Waals surface area (Å²) in [5.41, 5.74) is 5.55. The van der Waals surface area contributed by atoms with Crippen LogP contribution in [0.2, 0.25) is 0 Å². The van der Waals surface area contributed by atoms with Crippen LogP contribution in [0.4, 0.5) is 0 Å². The van der Waals surface area contributed by atoms with Crippen LogP contribution in [0.3, 0.4) is 0 Å². The molecule has 4 nitrogen and oxygen atoms in total. The van der Waals surface area contributed by atoms with E-state index in [0.29, 0.717) is 12.6 Å². The molecule has 15 heavy (non-hydrogen) atoms. The van der Waals surface area contributed by atoms with Gasteiger partial charge >= 0.3 is 0 Å². The first kappa shape index (κ1) is 12.5. The second kappa shape index (κ2) is 6.08. The number of carbonyl (C=O) groups is 1. The van der Waals surface area contributed by atoms with Crippen LogP contribution in [0.25, 0.3) is 0 Å². The van der Waals surface area contributed by atoms with Crippen LogP contribution >= 0.6 is 0 Å². The molecule has 2 N–H and O–H groups in total. The van der Waals surface area contributed by atoms with Crippen LogP contribution in [0.1, 0.15) is 26.7 Å². The molecule has 1 atom stereocenters. The van der Waals surface area contributed by atoms with Gasteiger partial charge in [-0.2, -0.15) is 0 Å². The van der Waals surface area contributed by atoms with E-state index in [1.54, 1.807) is 6.92 Å². The highest BCUT2D eigenvalue weighted by Gasteiger charge is 2.25. The van der Waals surface area contributed by atoms with Crippen molar-refractivity contribution in [1.82, 2.24) is 9.80 Å². The Bertz CT molecular complexity index is 206. The van der Waals surface area contributed by atoms with Gasteiger partial charge in [-0.1, -0.05) is 0 Å². The number of carbonyl (C=O) groups excluding carboxylic acids is 1. The third kappa shape index (κ3) is 3.47. The molecule has 0 radical (unpaired) electrons. The molecule has 1 amide bonds. The Kier molecular flexibility index (Phi) is 5.05. The number of hydrogen-bond acceptors (Lipinski definition) is 3. The number of likely N-dealkylation sites (tertiary alicyclic amines) is 1. The van der Waals surface area contributed by atoms with E-state index < -0.39 is 0 Å². The molecule has 0 aromatic rings. The zero-order valence-corrected chi connectivity index (χ0v) is 9.91.